The van der Waals surface area contributed by atoms with Crippen LogP contribution in [0.15, 0.2) is 11.6 Å². The molecule has 0 amide bonds. The zero-order chi connectivity index (χ0) is 11.6. The SMILES string of the molecule is CCCCCCCCCC1=CCC(N)CC1. The third-order valence-corrected chi connectivity index (χ3v) is 3.65. The molecule has 0 bridgehead atoms. The van der Waals surface area contributed by atoms with Gasteiger partial charge in [0.1, 0.15) is 0 Å². The molecule has 0 aromatic rings. The second-order valence-corrected chi connectivity index (χ2v) is 5.27. The van der Waals surface area contributed by atoms with Gasteiger partial charge in [-0.2, -0.15) is 0 Å². The van der Waals surface area contributed by atoms with Crippen LogP contribution in [-0.2, 0) is 0 Å². The fourth-order valence-corrected chi connectivity index (χ4v) is 2.44. The smallest absolute Gasteiger partial charge is 0.00765 e. The lowest BCUT2D eigenvalue weighted by Gasteiger charge is -2.18. The fourth-order valence-electron chi connectivity index (χ4n) is 2.44. The number of rotatable bonds is 8. The molecule has 1 aliphatic rings. The molecule has 1 nitrogen and oxygen atoms in total. The van der Waals surface area contributed by atoms with E-state index in [-0.39, 0.29) is 0 Å². The lowest BCUT2D eigenvalue weighted by Crippen LogP contribution is -2.21. The van der Waals surface area contributed by atoms with E-state index in [2.05, 4.69) is 13.0 Å². The third-order valence-electron chi connectivity index (χ3n) is 3.65. The first kappa shape index (κ1) is 13.8. The van der Waals surface area contributed by atoms with Crippen LogP contribution >= 0.6 is 0 Å². The second-order valence-electron chi connectivity index (χ2n) is 5.27. The maximum absolute atomic E-state index is 5.88. The fraction of sp³-hybridized carbons (Fsp3) is 0.867. The molecule has 2 N–H and O–H groups in total. The highest BCUT2D eigenvalue weighted by molar-refractivity contribution is 5.07. The van der Waals surface area contributed by atoms with Crippen LogP contribution in [0.25, 0.3) is 0 Å². The minimum absolute atomic E-state index is 0.442. The Kier molecular flexibility index (Phi) is 7.58. The number of nitrogens with two attached hydrogens (primary N) is 1. The molecule has 1 atom stereocenters. The van der Waals surface area contributed by atoms with E-state index in [1.54, 1.807) is 5.57 Å². The van der Waals surface area contributed by atoms with Gasteiger partial charge in [-0.1, -0.05) is 57.1 Å². The molecule has 94 valence electrons. The van der Waals surface area contributed by atoms with Crippen molar-refractivity contribution >= 4 is 0 Å². The van der Waals surface area contributed by atoms with Crippen molar-refractivity contribution in [3.8, 4) is 0 Å². The zero-order valence-electron chi connectivity index (χ0n) is 11.0. The topological polar surface area (TPSA) is 26.0 Å². The van der Waals surface area contributed by atoms with Crippen LogP contribution in [0.4, 0.5) is 0 Å². The number of hydrogen-bond acceptors (Lipinski definition) is 1. The maximum Gasteiger partial charge on any atom is 0.00765 e. The highest BCUT2D eigenvalue weighted by Gasteiger charge is 2.09. The maximum atomic E-state index is 5.88. The summed E-state index contributed by atoms with van der Waals surface area (Å²) in [6.07, 6.45) is 17.2. The first-order chi connectivity index (χ1) is 7.83. The lowest BCUT2D eigenvalue weighted by atomic mass is 9.92. The van der Waals surface area contributed by atoms with E-state index in [1.807, 2.05) is 0 Å². The van der Waals surface area contributed by atoms with E-state index in [1.165, 1.54) is 64.2 Å². The third kappa shape index (κ3) is 6.32. The van der Waals surface area contributed by atoms with Gasteiger partial charge >= 0.3 is 0 Å². The summed E-state index contributed by atoms with van der Waals surface area (Å²) in [5.74, 6) is 0. The lowest BCUT2D eigenvalue weighted by molar-refractivity contribution is 0.553. The van der Waals surface area contributed by atoms with Crippen LogP contribution in [0.3, 0.4) is 0 Å². The van der Waals surface area contributed by atoms with E-state index < -0.39 is 0 Å². The molecule has 0 radical (unpaired) electrons. The van der Waals surface area contributed by atoms with E-state index in [9.17, 15) is 0 Å². The predicted molar refractivity (Wildman–Crippen MR) is 72.5 cm³/mol. The molecule has 0 saturated carbocycles. The summed E-state index contributed by atoms with van der Waals surface area (Å²) >= 11 is 0. The van der Waals surface area contributed by atoms with Gasteiger partial charge in [0.25, 0.3) is 0 Å². The number of unbranched alkanes of at least 4 members (excludes halogenated alkanes) is 6. The molecule has 1 aliphatic carbocycles. The summed E-state index contributed by atoms with van der Waals surface area (Å²) < 4.78 is 0. The van der Waals surface area contributed by atoms with Crippen LogP contribution in [0.5, 0.6) is 0 Å². The Balaban J connectivity index is 1.91. The summed E-state index contributed by atoms with van der Waals surface area (Å²) in [6, 6.07) is 0.442. The van der Waals surface area contributed by atoms with Crippen molar-refractivity contribution in [1.82, 2.24) is 0 Å². The van der Waals surface area contributed by atoms with Crippen LogP contribution in [-0.4, -0.2) is 6.04 Å². The molecule has 1 unspecified atom stereocenters. The molecule has 1 rings (SSSR count). The summed E-state index contributed by atoms with van der Waals surface area (Å²) in [5.41, 5.74) is 7.55. The highest BCUT2D eigenvalue weighted by atomic mass is 14.6. The van der Waals surface area contributed by atoms with E-state index in [4.69, 9.17) is 5.73 Å². The van der Waals surface area contributed by atoms with Gasteiger partial charge in [0.05, 0.1) is 0 Å². The first-order valence-corrected chi connectivity index (χ1v) is 7.26. The van der Waals surface area contributed by atoms with Gasteiger partial charge in [0, 0.05) is 6.04 Å². The summed E-state index contributed by atoms with van der Waals surface area (Å²) in [4.78, 5) is 0. The van der Waals surface area contributed by atoms with Crippen LogP contribution in [0.1, 0.15) is 77.6 Å². The van der Waals surface area contributed by atoms with Gasteiger partial charge in [0.15, 0.2) is 0 Å². The monoisotopic (exact) mass is 223 g/mol. The van der Waals surface area contributed by atoms with Crippen LogP contribution in [0, 0.1) is 0 Å². The van der Waals surface area contributed by atoms with E-state index >= 15 is 0 Å². The average molecular weight is 223 g/mol. The van der Waals surface area contributed by atoms with Crippen molar-refractivity contribution in [2.75, 3.05) is 0 Å². The summed E-state index contributed by atoms with van der Waals surface area (Å²) in [5, 5.41) is 0. The van der Waals surface area contributed by atoms with E-state index in [0.29, 0.717) is 6.04 Å². The minimum atomic E-state index is 0.442. The van der Waals surface area contributed by atoms with Crippen molar-refractivity contribution in [2.45, 2.75) is 83.6 Å². The molecular weight excluding hydrogens is 194 g/mol. The molecule has 0 aliphatic heterocycles. The van der Waals surface area contributed by atoms with Gasteiger partial charge in [-0.25, -0.2) is 0 Å². The molecule has 16 heavy (non-hydrogen) atoms. The summed E-state index contributed by atoms with van der Waals surface area (Å²) in [6.45, 7) is 2.28. The highest BCUT2D eigenvalue weighted by Crippen LogP contribution is 2.22. The Morgan fingerprint density at radius 2 is 1.81 bits per heavy atom. The normalized spacial score (nSPS) is 20.9. The van der Waals surface area contributed by atoms with Crippen molar-refractivity contribution in [2.24, 2.45) is 5.73 Å². The molecule has 0 heterocycles. The Morgan fingerprint density at radius 1 is 1.12 bits per heavy atom. The zero-order valence-corrected chi connectivity index (χ0v) is 11.0. The van der Waals surface area contributed by atoms with E-state index in [0.717, 1.165) is 6.42 Å². The van der Waals surface area contributed by atoms with Crippen LogP contribution < -0.4 is 5.73 Å². The molecule has 0 fully saturated rings. The predicted octanol–water partition coefficient (Wildman–Crippen LogP) is 4.56. The van der Waals surface area contributed by atoms with Gasteiger partial charge in [0.2, 0.25) is 0 Å². The second kappa shape index (κ2) is 8.81. The molecule has 0 saturated heterocycles. The first-order valence-electron chi connectivity index (χ1n) is 7.26. The van der Waals surface area contributed by atoms with Crippen molar-refractivity contribution in [3.63, 3.8) is 0 Å². The van der Waals surface area contributed by atoms with Gasteiger partial charge in [-0.3, -0.25) is 0 Å². The molecule has 0 aromatic heterocycles. The Bertz CT molecular complexity index is 196. The number of hydrogen-bond donors (Lipinski definition) is 1. The molecular formula is C15H29N. The van der Waals surface area contributed by atoms with Crippen molar-refractivity contribution in [3.05, 3.63) is 11.6 Å². The standard InChI is InChI=1S/C15H29N/c1-2-3-4-5-6-7-8-9-14-10-12-15(16)13-11-14/h10,15H,2-9,11-13,16H2,1H3. The Morgan fingerprint density at radius 3 is 2.44 bits per heavy atom. The largest absolute Gasteiger partial charge is 0.327 e. The molecule has 0 spiro atoms. The van der Waals surface area contributed by atoms with Gasteiger partial charge in [-0.15, -0.1) is 0 Å². The van der Waals surface area contributed by atoms with Gasteiger partial charge in [-0.05, 0) is 32.1 Å². The summed E-state index contributed by atoms with van der Waals surface area (Å²) in [7, 11) is 0. The minimum Gasteiger partial charge on any atom is -0.327 e. The van der Waals surface area contributed by atoms with Crippen molar-refractivity contribution in [1.29, 1.82) is 0 Å². The Labute approximate surface area is 101 Å². The molecule has 1 heteroatoms. The quantitative estimate of drug-likeness (QED) is 0.473. The van der Waals surface area contributed by atoms with Crippen molar-refractivity contribution < 1.29 is 0 Å². The molecule has 0 aromatic carbocycles. The van der Waals surface area contributed by atoms with Gasteiger partial charge < -0.3 is 5.73 Å². The Hall–Kier alpha value is -0.300. The number of allylic oxidation sites excluding steroid dienone is 1. The average Bonchev–Trinajstić information content (AvgIpc) is 2.30. The van der Waals surface area contributed by atoms with Crippen LogP contribution in [0.2, 0.25) is 0 Å².